The fraction of sp³-hybridized carbons (Fsp3) is 0.455. The van der Waals surface area contributed by atoms with Gasteiger partial charge in [0.2, 0.25) is 0 Å². The van der Waals surface area contributed by atoms with E-state index in [0.29, 0.717) is 22.6 Å². The zero-order chi connectivity index (χ0) is 22.5. The Morgan fingerprint density at radius 3 is 2.03 bits per heavy atom. The Morgan fingerprint density at radius 1 is 0.871 bits per heavy atom. The Hall–Kier alpha value is -2.24. The molecule has 0 aromatic heterocycles. The monoisotopic (exact) mass is 436 g/mol. The predicted molar refractivity (Wildman–Crippen MR) is 109 cm³/mol. The van der Waals surface area contributed by atoms with E-state index in [1.165, 1.54) is 14.2 Å². The van der Waals surface area contributed by atoms with Gasteiger partial charge in [0, 0.05) is 6.07 Å². The fourth-order valence-electron chi connectivity index (χ4n) is 3.48. The van der Waals surface area contributed by atoms with Gasteiger partial charge in [-0.1, -0.05) is 30.3 Å². The van der Waals surface area contributed by atoms with Gasteiger partial charge in [-0.15, -0.1) is 0 Å². The van der Waals surface area contributed by atoms with Crippen molar-refractivity contribution in [2.45, 2.75) is 42.9 Å². The fourth-order valence-corrected chi connectivity index (χ4v) is 3.48. The topological polar surface area (TPSA) is 138 Å². The lowest BCUT2D eigenvalue weighted by Gasteiger charge is -2.41. The minimum atomic E-state index is -1.62. The van der Waals surface area contributed by atoms with Gasteiger partial charge >= 0.3 is 0 Å². The van der Waals surface area contributed by atoms with Crippen LogP contribution in [0.4, 0.5) is 0 Å². The minimum absolute atomic E-state index is 0.456. The molecular formula is C22H28O9. The van der Waals surface area contributed by atoms with Gasteiger partial charge in [-0.3, -0.25) is 0 Å². The lowest BCUT2D eigenvalue weighted by atomic mass is 9.96. The maximum atomic E-state index is 11.1. The van der Waals surface area contributed by atoms with Crippen LogP contribution in [-0.2, 0) is 9.47 Å². The number of methoxy groups -OCH3 is 2. The van der Waals surface area contributed by atoms with E-state index in [1.54, 1.807) is 48.5 Å². The van der Waals surface area contributed by atoms with Crippen molar-refractivity contribution < 1.29 is 44.5 Å². The van der Waals surface area contributed by atoms with E-state index >= 15 is 0 Å². The zero-order valence-electron chi connectivity index (χ0n) is 17.2. The van der Waals surface area contributed by atoms with Crippen LogP contribution in [0.3, 0.4) is 0 Å². The van der Waals surface area contributed by atoms with Crippen molar-refractivity contribution in [2.24, 2.45) is 0 Å². The van der Waals surface area contributed by atoms with E-state index in [4.69, 9.17) is 18.9 Å². The van der Waals surface area contributed by atoms with E-state index in [-0.39, 0.29) is 0 Å². The summed E-state index contributed by atoms with van der Waals surface area (Å²) in [6, 6.07) is 13.7. The molecule has 5 N–H and O–H groups in total. The number of aliphatic hydroxyl groups is 5. The molecule has 0 amide bonds. The van der Waals surface area contributed by atoms with Gasteiger partial charge in [0.15, 0.2) is 6.29 Å². The predicted octanol–water partition coefficient (Wildman–Crippen LogP) is 0.295. The first-order valence-corrected chi connectivity index (χ1v) is 9.81. The van der Waals surface area contributed by atoms with Crippen LogP contribution in [0.1, 0.15) is 23.3 Å². The molecule has 9 nitrogen and oxygen atoms in total. The summed E-state index contributed by atoms with van der Waals surface area (Å²) in [4.78, 5) is 0. The van der Waals surface area contributed by atoms with Gasteiger partial charge in [0.05, 0.1) is 20.8 Å². The Balaban J connectivity index is 1.98. The van der Waals surface area contributed by atoms with E-state index in [0.717, 1.165) is 0 Å². The summed E-state index contributed by atoms with van der Waals surface area (Å²) < 4.78 is 22.0. The van der Waals surface area contributed by atoms with Gasteiger partial charge in [0.25, 0.3) is 0 Å². The molecule has 0 spiro atoms. The summed E-state index contributed by atoms with van der Waals surface area (Å²) in [7, 11) is 2.97. The average molecular weight is 436 g/mol. The average Bonchev–Trinajstić information content (AvgIpc) is 2.81. The number of hydrogen-bond acceptors (Lipinski definition) is 9. The molecule has 1 aliphatic rings. The van der Waals surface area contributed by atoms with E-state index in [2.05, 4.69) is 0 Å². The highest BCUT2D eigenvalue weighted by Gasteiger charge is 2.45. The van der Waals surface area contributed by atoms with Crippen LogP contribution < -0.4 is 9.47 Å². The molecular weight excluding hydrogens is 408 g/mol. The lowest BCUT2D eigenvalue weighted by Crippen LogP contribution is -2.59. The highest BCUT2D eigenvalue weighted by Crippen LogP contribution is 2.38. The van der Waals surface area contributed by atoms with Gasteiger partial charge in [-0.2, -0.15) is 0 Å². The smallest absolute Gasteiger partial charge is 0.187 e. The Kier molecular flexibility index (Phi) is 7.84. The van der Waals surface area contributed by atoms with E-state index in [1.807, 2.05) is 0 Å². The highest BCUT2D eigenvalue weighted by atomic mass is 16.7. The maximum Gasteiger partial charge on any atom is 0.187 e. The number of aliphatic hydroxyl groups excluding tert-OH is 5. The summed E-state index contributed by atoms with van der Waals surface area (Å²) in [6.45, 7) is -0.594. The second-order valence-electron chi connectivity index (χ2n) is 7.26. The first-order chi connectivity index (χ1) is 14.9. The van der Waals surface area contributed by atoms with Crippen LogP contribution in [0.15, 0.2) is 48.5 Å². The largest absolute Gasteiger partial charge is 0.497 e. The number of ether oxygens (including phenoxy) is 4. The molecule has 1 fully saturated rings. The van der Waals surface area contributed by atoms with Crippen LogP contribution in [0.5, 0.6) is 11.5 Å². The molecule has 7 atom stereocenters. The molecule has 1 aliphatic heterocycles. The molecule has 1 saturated heterocycles. The Bertz CT molecular complexity index is 807. The molecule has 3 rings (SSSR count). The van der Waals surface area contributed by atoms with E-state index in [9.17, 15) is 25.5 Å². The summed E-state index contributed by atoms with van der Waals surface area (Å²) in [5, 5.41) is 51.1. The van der Waals surface area contributed by atoms with Gasteiger partial charge in [0.1, 0.15) is 48.1 Å². The second kappa shape index (κ2) is 10.4. The van der Waals surface area contributed by atoms with Crippen LogP contribution in [0, 0.1) is 0 Å². The summed E-state index contributed by atoms with van der Waals surface area (Å²) in [6.07, 6.45) is -9.58. The molecule has 0 unspecified atom stereocenters. The summed E-state index contributed by atoms with van der Waals surface area (Å²) >= 11 is 0. The molecule has 2 aromatic carbocycles. The first-order valence-electron chi connectivity index (χ1n) is 9.81. The summed E-state index contributed by atoms with van der Waals surface area (Å²) in [5.41, 5.74) is 1.00. The normalized spacial score (nSPS) is 28.0. The van der Waals surface area contributed by atoms with Crippen LogP contribution in [0.2, 0.25) is 0 Å². The molecule has 0 aliphatic carbocycles. The molecule has 170 valence electrons. The summed E-state index contributed by atoms with van der Waals surface area (Å²) in [5.74, 6) is 0.911. The highest BCUT2D eigenvalue weighted by molar-refractivity contribution is 5.40. The Labute approximate surface area is 180 Å². The van der Waals surface area contributed by atoms with Crippen molar-refractivity contribution in [1.82, 2.24) is 0 Å². The number of benzene rings is 2. The molecule has 0 radical (unpaired) electrons. The SMILES string of the molecule is COc1cc(OC)cc([C@@H](O[C@@H]2O[C@H](CO)[C@@H](O)[C@H](O)[C@H]2O)[C@H](O)c2ccccc2)c1. The van der Waals surface area contributed by atoms with Crippen molar-refractivity contribution in [2.75, 3.05) is 20.8 Å². The standard InChI is InChI=1S/C22H28O9/c1-28-14-8-13(9-15(10-14)29-2)21(17(24)12-6-4-3-5-7-12)31-22-20(27)19(26)18(25)16(11-23)30-22/h3-10,16-27H,11H2,1-2H3/t16-,17-,18-,19+,20-,21-,22+/m1/s1. The third kappa shape index (κ3) is 5.16. The van der Waals surface area contributed by atoms with Crippen LogP contribution >= 0.6 is 0 Å². The van der Waals surface area contributed by atoms with Crippen LogP contribution in [-0.4, -0.2) is 77.1 Å². The lowest BCUT2D eigenvalue weighted by molar-refractivity contribution is -0.319. The quantitative estimate of drug-likeness (QED) is 0.395. The third-order valence-electron chi connectivity index (χ3n) is 5.26. The minimum Gasteiger partial charge on any atom is -0.497 e. The first kappa shape index (κ1) is 23.4. The number of rotatable bonds is 8. The molecule has 9 heteroatoms. The number of hydrogen-bond donors (Lipinski definition) is 5. The van der Waals surface area contributed by atoms with Gasteiger partial charge in [-0.05, 0) is 23.3 Å². The van der Waals surface area contributed by atoms with Gasteiger partial charge in [-0.25, -0.2) is 0 Å². The molecule has 0 bridgehead atoms. The van der Waals surface area contributed by atoms with E-state index < -0.39 is 49.5 Å². The van der Waals surface area contributed by atoms with Crippen molar-refractivity contribution in [3.05, 3.63) is 59.7 Å². The second-order valence-corrected chi connectivity index (χ2v) is 7.26. The van der Waals surface area contributed by atoms with Gasteiger partial charge < -0.3 is 44.5 Å². The zero-order valence-corrected chi connectivity index (χ0v) is 17.2. The maximum absolute atomic E-state index is 11.1. The molecule has 1 heterocycles. The third-order valence-corrected chi connectivity index (χ3v) is 5.26. The molecule has 2 aromatic rings. The molecule has 31 heavy (non-hydrogen) atoms. The molecule has 0 saturated carbocycles. The van der Waals surface area contributed by atoms with Crippen LogP contribution in [0.25, 0.3) is 0 Å². The van der Waals surface area contributed by atoms with Crippen molar-refractivity contribution >= 4 is 0 Å². The Morgan fingerprint density at radius 2 is 1.48 bits per heavy atom. The van der Waals surface area contributed by atoms with Crippen molar-refractivity contribution in [1.29, 1.82) is 0 Å². The van der Waals surface area contributed by atoms with Crippen molar-refractivity contribution in [3.63, 3.8) is 0 Å². The van der Waals surface area contributed by atoms with Crippen molar-refractivity contribution in [3.8, 4) is 11.5 Å².